The zero-order valence-electron chi connectivity index (χ0n) is 14.1. The third kappa shape index (κ3) is 3.61. The molecule has 2 aromatic carbocycles. The van der Waals surface area contributed by atoms with E-state index in [9.17, 15) is 0 Å². The van der Waals surface area contributed by atoms with Crippen LogP contribution in [0.2, 0.25) is 5.02 Å². The molecule has 4 rings (SSSR count). The molecule has 132 valence electrons. The average molecular weight is 385 g/mol. The molecule has 1 aliphatic rings. The zero-order chi connectivity index (χ0) is 17.9. The molecule has 26 heavy (non-hydrogen) atoms. The number of hydrogen-bond donors (Lipinski definition) is 1. The van der Waals surface area contributed by atoms with Crippen LogP contribution in [-0.4, -0.2) is 21.4 Å². The van der Waals surface area contributed by atoms with Gasteiger partial charge in [-0.25, -0.2) is 0 Å². The Kier molecular flexibility index (Phi) is 4.95. The number of halogens is 1. The predicted molar refractivity (Wildman–Crippen MR) is 105 cm³/mol. The van der Waals surface area contributed by atoms with Crippen LogP contribution in [0, 0.1) is 0 Å². The van der Waals surface area contributed by atoms with Crippen molar-refractivity contribution < 1.29 is 4.74 Å². The molecule has 0 amide bonds. The highest BCUT2D eigenvalue weighted by molar-refractivity contribution is 7.98. The first-order valence-electron chi connectivity index (χ1n) is 8.37. The maximum Gasteiger partial charge on any atom is 0.247 e. The van der Waals surface area contributed by atoms with Crippen LogP contribution >= 0.6 is 23.4 Å². The van der Waals surface area contributed by atoms with E-state index >= 15 is 0 Å². The monoisotopic (exact) mass is 384 g/mol. The lowest BCUT2D eigenvalue weighted by atomic mass is 10.1. The van der Waals surface area contributed by atoms with Crippen LogP contribution in [0.1, 0.15) is 18.9 Å². The van der Waals surface area contributed by atoms with Gasteiger partial charge in [0.2, 0.25) is 11.0 Å². The Balaban J connectivity index is 1.61. The molecule has 0 saturated heterocycles. The molecule has 0 saturated carbocycles. The molecule has 1 N–H and O–H groups in total. The van der Waals surface area contributed by atoms with E-state index in [2.05, 4.69) is 27.4 Å². The zero-order valence-corrected chi connectivity index (χ0v) is 15.7. The second kappa shape index (κ2) is 7.51. The molecule has 0 bridgehead atoms. The van der Waals surface area contributed by atoms with E-state index in [1.807, 2.05) is 48.5 Å². The second-order valence-electron chi connectivity index (χ2n) is 5.87. The van der Waals surface area contributed by atoms with Gasteiger partial charge in [-0.2, -0.15) is 4.98 Å². The third-order valence-electron chi connectivity index (χ3n) is 4.04. The van der Waals surface area contributed by atoms with Gasteiger partial charge in [0.15, 0.2) is 11.9 Å². The summed E-state index contributed by atoms with van der Waals surface area (Å²) in [5, 5.41) is 13.4. The Labute approximate surface area is 161 Å². The normalized spacial score (nSPS) is 15.2. The van der Waals surface area contributed by atoms with E-state index in [1.165, 1.54) is 11.8 Å². The highest BCUT2D eigenvalue weighted by atomic mass is 35.5. The Morgan fingerprint density at radius 3 is 2.73 bits per heavy atom. The first-order valence-corrected chi connectivity index (χ1v) is 9.74. The molecule has 1 aromatic heterocycles. The molecule has 1 atom stereocenters. The standard InChI is InChI=1S/C19H17ClN4OS/c1-2-16-21-15-6-4-3-5-14(15)17-18(25-16)22-19(24-23-17)26-11-12-7-9-13(20)10-8-12/h3-10,16,21H,2,11H2,1H3/t16-/m0/s1. The van der Waals surface area contributed by atoms with E-state index in [0.717, 1.165) is 34.0 Å². The minimum Gasteiger partial charge on any atom is -0.452 e. The lowest BCUT2D eigenvalue weighted by molar-refractivity contribution is 0.216. The SMILES string of the molecule is CC[C@H]1Nc2ccccc2-c2nnc(SCc3ccc(Cl)cc3)nc2O1. The highest BCUT2D eigenvalue weighted by Gasteiger charge is 2.23. The van der Waals surface area contributed by atoms with Crippen molar-refractivity contribution >= 4 is 29.1 Å². The fourth-order valence-electron chi connectivity index (χ4n) is 2.68. The lowest BCUT2D eigenvalue weighted by Crippen LogP contribution is -2.24. The Bertz CT molecular complexity index is 920. The number of ether oxygens (including phenoxy) is 1. The van der Waals surface area contributed by atoms with Gasteiger partial charge in [-0.3, -0.25) is 0 Å². The van der Waals surface area contributed by atoms with Crippen LogP contribution in [0.5, 0.6) is 5.88 Å². The summed E-state index contributed by atoms with van der Waals surface area (Å²) in [6.45, 7) is 2.07. The van der Waals surface area contributed by atoms with Crippen LogP contribution < -0.4 is 10.1 Å². The number of fused-ring (bicyclic) bond motifs is 3. The van der Waals surface area contributed by atoms with Crippen molar-refractivity contribution in [2.75, 3.05) is 5.32 Å². The smallest absolute Gasteiger partial charge is 0.247 e. The van der Waals surface area contributed by atoms with E-state index in [4.69, 9.17) is 16.3 Å². The summed E-state index contributed by atoms with van der Waals surface area (Å²) in [4.78, 5) is 4.60. The summed E-state index contributed by atoms with van der Waals surface area (Å²) in [6, 6.07) is 15.7. The first-order chi connectivity index (χ1) is 12.7. The number of hydrogen-bond acceptors (Lipinski definition) is 6. The maximum atomic E-state index is 6.04. The van der Waals surface area contributed by atoms with Crippen molar-refractivity contribution in [2.24, 2.45) is 0 Å². The van der Waals surface area contributed by atoms with E-state index in [0.29, 0.717) is 16.7 Å². The molecule has 5 nitrogen and oxygen atoms in total. The average Bonchev–Trinajstić information content (AvgIpc) is 2.83. The van der Waals surface area contributed by atoms with Gasteiger partial charge in [-0.1, -0.05) is 60.6 Å². The summed E-state index contributed by atoms with van der Waals surface area (Å²) in [5.41, 5.74) is 3.75. The van der Waals surface area contributed by atoms with Crippen molar-refractivity contribution in [1.29, 1.82) is 0 Å². The molecule has 2 heterocycles. The molecule has 7 heteroatoms. The maximum absolute atomic E-state index is 6.04. The van der Waals surface area contributed by atoms with Crippen molar-refractivity contribution in [3.05, 3.63) is 59.1 Å². The fourth-order valence-corrected chi connectivity index (χ4v) is 3.54. The number of para-hydroxylation sites is 1. The number of aromatic nitrogens is 3. The van der Waals surface area contributed by atoms with Crippen LogP contribution in [0.25, 0.3) is 11.3 Å². The van der Waals surface area contributed by atoms with Gasteiger partial charge in [0, 0.05) is 28.4 Å². The summed E-state index contributed by atoms with van der Waals surface area (Å²) in [5.74, 6) is 1.26. The highest BCUT2D eigenvalue weighted by Crippen LogP contribution is 2.36. The van der Waals surface area contributed by atoms with E-state index in [1.54, 1.807) is 0 Å². The Morgan fingerprint density at radius 1 is 1.12 bits per heavy atom. The van der Waals surface area contributed by atoms with Gasteiger partial charge >= 0.3 is 0 Å². The molecular formula is C19H17ClN4OS. The summed E-state index contributed by atoms with van der Waals surface area (Å²) in [7, 11) is 0. The number of benzene rings is 2. The third-order valence-corrected chi connectivity index (χ3v) is 5.20. The Hall–Kier alpha value is -2.31. The van der Waals surface area contributed by atoms with Gasteiger partial charge in [-0.05, 0) is 23.8 Å². The van der Waals surface area contributed by atoms with Crippen molar-refractivity contribution in [3.8, 4) is 17.1 Å². The number of rotatable bonds is 4. The van der Waals surface area contributed by atoms with Crippen LogP contribution in [0.3, 0.4) is 0 Å². The van der Waals surface area contributed by atoms with Crippen molar-refractivity contribution in [1.82, 2.24) is 15.2 Å². The van der Waals surface area contributed by atoms with Gasteiger partial charge in [0.25, 0.3) is 0 Å². The molecule has 1 aliphatic heterocycles. The predicted octanol–water partition coefficient (Wildman–Crippen LogP) is 5.02. The van der Waals surface area contributed by atoms with E-state index < -0.39 is 0 Å². The molecule has 0 spiro atoms. The number of nitrogens with one attached hydrogen (secondary N) is 1. The van der Waals surface area contributed by atoms with Crippen LogP contribution in [-0.2, 0) is 5.75 Å². The summed E-state index contributed by atoms with van der Waals surface area (Å²) in [6.07, 6.45) is 0.661. The molecule has 0 fully saturated rings. The molecule has 0 aliphatic carbocycles. The topological polar surface area (TPSA) is 59.9 Å². The number of thioether (sulfide) groups is 1. The van der Waals surface area contributed by atoms with Gasteiger partial charge in [0.1, 0.15) is 0 Å². The first kappa shape index (κ1) is 17.1. The summed E-state index contributed by atoms with van der Waals surface area (Å²) >= 11 is 7.45. The lowest BCUT2D eigenvalue weighted by Gasteiger charge is -2.16. The van der Waals surface area contributed by atoms with Gasteiger partial charge in [0.05, 0.1) is 0 Å². The van der Waals surface area contributed by atoms with Gasteiger partial charge < -0.3 is 10.1 Å². The van der Waals surface area contributed by atoms with Gasteiger partial charge in [-0.15, -0.1) is 10.2 Å². The molecule has 0 radical (unpaired) electrons. The summed E-state index contributed by atoms with van der Waals surface area (Å²) < 4.78 is 6.04. The second-order valence-corrected chi connectivity index (χ2v) is 7.25. The van der Waals surface area contributed by atoms with Crippen LogP contribution in [0.15, 0.2) is 53.7 Å². The fraction of sp³-hybridized carbons (Fsp3) is 0.211. The molecule has 3 aromatic rings. The largest absolute Gasteiger partial charge is 0.452 e. The van der Waals surface area contributed by atoms with E-state index in [-0.39, 0.29) is 6.23 Å². The number of nitrogens with zero attached hydrogens (tertiary/aromatic N) is 3. The van der Waals surface area contributed by atoms with Crippen molar-refractivity contribution in [3.63, 3.8) is 0 Å². The van der Waals surface area contributed by atoms with Crippen molar-refractivity contribution in [2.45, 2.75) is 30.5 Å². The molecular weight excluding hydrogens is 368 g/mol. The number of anilines is 1. The minimum absolute atomic E-state index is 0.150. The molecule has 0 unspecified atom stereocenters. The van der Waals surface area contributed by atoms with Crippen LogP contribution in [0.4, 0.5) is 5.69 Å². The Morgan fingerprint density at radius 2 is 1.92 bits per heavy atom. The quantitative estimate of drug-likeness (QED) is 0.637. The minimum atomic E-state index is -0.150.